The number of halogens is 3. The first-order valence-electron chi connectivity index (χ1n) is 7.61. The van der Waals surface area contributed by atoms with Gasteiger partial charge in [-0.3, -0.25) is 4.79 Å². The van der Waals surface area contributed by atoms with Crippen LogP contribution in [0.3, 0.4) is 0 Å². The van der Waals surface area contributed by atoms with Crippen molar-refractivity contribution >= 4 is 17.3 Å². The number of benzene rings is 2. The van der Waals surface area contributed by atoms with Gasteiger partial charge in [-0.15, -0.1) is 0 Å². The molecule has 1 amide bonds. The molecule has 0 unspecified atom stereocenters. The second-order valence-electron chi connectivity index (χ2n) is 5.41. The molecule has 2 N–H and O–H groups in total. The van der Waals surface area contributed by atoms with Crippen LogP contribution in [0.5, 0.6) is 0 Å². The Hall–Kier alpha value is -2.50. The molecule has 6 heteroatoms. The third-order valence-corrected chi connectivity index (χ3v) is 3.68. The number of hydrogen-bond acceptors (Lipinski definition) is 2. The molecule has 2 aromatic rings. The molecule has 0 spiro atoms. The van der Waals surface area contributed by atoms with Crippen molar-refractivity contribution in [2.75, 3.05) is 17.2 Å². The lowest BCUT2D eigenvalue weighted by Gasteiger charge is -2.16. The second kappa shape index (κ2) is 7.38. The fourth-order valence-corrected chi connectivity index (χ4v) is 2.45. The smallest absolute Gasteiger partial charge is 0.376 e. The molecular formula is C18H19F3N2O. The van der Waals surface area contributed by atoms with Crippen molar-refractivity contribution in [1.82, 2.24) is 0 Å². The Morgan fingerprint density at radius 1 is 1.08 bits per heavy atom. The Bertz CT molecular complexity index is 726. The topological polar surface area (TPSA) is 41.1 Å². The maximum Gasteiger partial charge on any atom is 0.418 e. The number of rotatable bonds is 5. The largest absolute Gasteiger partial charge is 0.418 e. The molecule has 0 saturated carbocycles. The van der Waals surface area contributed by atoms with Crippen molar-refractivity contribution in [2.24, 2.45) is 0 Å². The minimum Gasteiger partial charge on any atom is -0.376 e. The molecule has 0 aliphatic heterocycles. The van der Waals surface area contributed by atoms with Crippen LogP contribution in [0.1, 0.15) is 23.6 Å². The monoisotopic (exact) mass is 336 g/mol. The SMILES string of the molecule is CCc1cccc(C)c1NC(=O)CNc1ccccc1C(F)(F)F. The van der Waals surface area contributed by atoms with Crippen LogP contribution in [-0.2, 0) is 17.4 Å². The molecule has 0 atom stereocenters. The third-order valence-electron chi connectivity index (χ3n) is 3.68. The Balaban J connectivity index is 2.08. The second-order valence-corrected chi connectivity index (χ2v) is 5.41. The molecule has 0 fully saturated rings. The lowest BCUT2D eigenvalue weighted by molar-refractivity contribution is -0.137. The van der Waals surface area contributed by atoms with Crippen molar-refractivity contribution in [2.45, 2.75) is 26.4 Å². The molecule has 128 valence electrons. The van der Waals surface area contributed by atoms with Gasteiger partial charge in [-0.1, -0.05) is 37.3 Å². The summed E-state index contributed by atoms with van der Waals surface area (Å²) in [5.74, 6) is -0.393. The fraction of sp³-hybridized carbons (Fsp3) is 0.278. The van der Waals surface area contributed by atoms with Gasteiger partial charge in [-0.25, -0.2) is 0 Å². The molecule has 0 aliphatic rings. The zero-order valence-electron chi connectivity index (χ0n) is 13.5. The average Bonchev–Trinajstić information content (AvgIpc) is 2.54. The zero-order valence-corrected chi connectivity index (χ0v) is 13.5. The summed E-state index contributed by atoms with van der Waals surface area (Å²) >= 11 is 0. The van der Waals surface area contributed by atoms with Gasteiger partial charge in [0.2, 0.25) is 5.91 Å². The Kier molecular flexibility index (Phi) is 5.49. The molecule has 0 radical (unpaired) electrons. The summed E-state index contributed by atoms with van der Waals surface area (Å²) in [4.78, 5) is 12.1. The summed E-state index contributed by atoms with van der Waals surface area (Å²) in [6.07, 6.45) is -3.72. The average molecular weight is 336 g/mol. The van der Waals surface area contributed by atoms with Crippen LogP contribution in [0.25, 0.3) is 0 Å². The van der Waals surface area contributed by atoms with Crippen molar-refractivity contribution in [3.63, 3.8) is 0 Å². The number of hydrogen-bond donors (Lipinski definition) is 2. The fourth-order valence-electron chi connectivity index (χ4n) is 2.45. The summed E-state index contributed by atoms with van der Waals surface area (Å²) in [5, 5.41) is 5.34. The lowest BCUT2D eigenvalue weighted by atomic mass is 10.1. The summed E-state index contributed by atoms with van der Waals surface area (Å²) in [6.45, 7) is 3.61. The van der Waals surface area contributed by atoms with Gasteiger partial charge in [0.15, 0.2) is 0 Å². The number of alkyl halides is 3. The first kappa shape index (κ1) is 17.8. The molecule has 0 aromatic heterocycles. The van der Waals surface area contributed by atoms with Gasteiger partial charge in [-0.2, -0.15) is 13.2 Å². The Morgan fingerprint density at radius 3 is 2.46 bits per heavy atom. The normalized spacial score (nSPS) is 11.2. The van der Waals surface area contributed by atoms with Gasteiger partial charge in [0, 0.05) is 11.4 Å². The quantitative estimate of drug-likeness (QED) is 0.836. The third kappa shape index (κ3) is 4.28. The van der Waals surface area contributed by atoms with Crippen LogP contribution < -0.4 is 10.6 Å². The van der Waals surface area contributed by atoms with Crippen LogP contribution in [0.2, 0.25) is 0 Å². The van der Waals surface area contributed by atoms with Crippen LogP contribution >= 0.6 is 0 Å². The predicted octanol–water partition coefficient (Wildman–Crippen LogP) is 4.63. The van der Waals surface area contributed by atoms with E-state index in [-0.39, 0.29) is 12.2 Å². The van der Waals surface area contributed by atoms with Crippen molar-refractivity contribution < 1.29 is 18.0 Å². The van der Waals surface area contributed by atoms with Gasteiger partial charge in [-0.05, 0) is 36.6 Å². The zero-order chi connectivity index (χ0) is 17.7. The number of para-hydroxylation sites is 2. The van der Waals surface area contributed by atoms with Gasteiger partial charge in [0.05, 0.1) is 12.1 Å². The molecule has 3 nitrogen and oxygen atoms in total. The molecule has 2 rings (SSSR count). The number of nitrogens with one attached hydrogen (secondary N) is 2. The molecular weight excluding hydrogens is 317 g/mol. The first-order chi connectivity index (χ1) is 11.3. The molecule has 0 heterocycles. The maximum absolute atomic E-state index is 12.9. The van der Waals surface area contributed by atoms with Gasteiger partial charge < -0.3 is 10.6 Å². The van der Waals surface area contributed by atoms with Crippen LogP contribution in [0, 0.1) is 6.92 Å². The highest BCUT2D eigenvalue weighted by Crippen LogP contribution is 2.34. The number of amides is 1. The summed E-state index contributed by atoms with van der Waals surface area (Å²) in [7, 11) is 0. The summed E-state index contributed by atoms with van der Waals surface area (Å²) in [6, 6.07) is 10.8. The van der Waals surface area contributed by atoms with E-state index in [1.54, 1.807) is 0 Å². The van der Waals surface area contributed by atoms with Crippen molar-refractivity contribution in [3.05, 3.63) is 59.2 Å². The van der Waals surface area contributed by atoms with E-state index in [0.29, 0.717) is 0 Å². The molecule has 2 aromatic carbocycles. The van der Waals surface area contributed by atoms with E-state index in [9.17, 15) is 18.0 Å². The number of aryl methyl sites for hydroxylation is 2. The van der Waals surface area contributed by atoms with E-state index in [2.05, 4.69) is 10.6 Å². The van der Waals surface area contributed by atoms with Crippen LogP contribution in [0.4, 0.5) is 24.5 Å². The van der Waals surface area contributed by atoms with E-state index in [1.807, 2.05) is 32.0 Å². The minimum atomic E-state index is -4.47. The van der Waals surface area contributed by atoms with E-state index in [0.717, 1.165) is 29.3 Å². The number of carbonyl (C=O) groups excluding carboxylic acids is 1. The molecule has 0 bridgehead atoms. The van der Waals surface area contributed by atoms with E-state index < -0.39 is 17.6 Å². The number of anilines is 2. The summed E-state index contributed by atoms with van der Waals surface area (Å²) in [5.41, 5.74) is 1.72. The highest BCUT2D eigenvalue weighted by molar-refractivity contribution is 5.95. The maximum atomic E-state index is 12.9. The molecule has 0 aliphatic carbocycles. The van der Waals surface area contributed by atoms with E-state index in [1.165, 1.54) is 18.2 Å². The van der Waals surface area contributed by atoms with E-state index in [4.69, 9.17) is 0 Å². The standard InChI is InChI=1S/C18H19F3N2O/c1-3-13-8-6-7-12(2)17(13)23-16(24)11-22-15-10-5-4-9-14(15)18(19,20)21/h4-10,22H,3,11H2,1-2H3,(H,23,24). The summed E-state index contributed by atoms with van der Waals surface area (Å²) < 4.78 is 38.8. The van der Waals surface area contributed by atoms with Crippen LogP contribution in [-0.4, -0.2) is 12.5 Å². The first-order valence-corrected chi connectivity index (χ1v) is 7.61. The Morgan fingerprint density at radius 2 is 1.79 bits per heavy atom. The van der Waals surface area contributed by atoms with Gasteiger partial charge in [0.1, 0.15) is 0 Å². The van der Waals surface area contributed by atoms with Crippen molar-refractivity contribution in [1.29, 1.82) is 0 Å². The molecule has 24 heavy (non-hydrogen) atoms. The van der Waals surface area contributed by atoms with Crippen LogP contribution in [0.15, 0.2) is 42.5 Å². The van der Waals surface area contributed by atoms with E-state index >= 15 is 0 Å². The van der Waals surface area contributed by atoms with Gasteiger partial charge >= 0.3 is 6.18 Å². The molecule has 0 saturated heterocycles. The highest BCUT2D eigenvalue weighted by Gasteiger charge is 2.33. The lowest BCUT2D eigenvalue weighted by Crippen LogP contribution is -2.24. The number of carbonyl (C=O) groups is 1. The Labute approximate surface area is 138 Å². The predicted molar refractivity (Wildman–Crippen MR) is 89.1 cm³/mol. The highest BCUT2D eigenvalue weighted by atomic mass is 19.4. The van der Waals surface area contributed by atoms with Gasteiger partial charge in [0.25, 0.3) is 0 Å². The van der Waals surface area contributed by atoms with Crippen molar-refractivity contribution in [3.8, 4) is 0 Å². The minimum absolute atomic E-state index is 0.111.